The molecule has 6 nitrogen and oxygen atoms in total. The Labute approximate surface area is 208 Å². The number of aliphatic imine (C=N–C) groups is 1. The number of methoxy groups -OCH3 is 1. The van der Waals surface area contributed by atoms with E-state index in [0.717, 1.165) is 76.1 Å². The van der Waals surface area contributed by atoms with Gasteiger partial charge in [-0.25, -0.2) is 0 Å². The molecule has 0 radical (unpaired) electrons. The van der Waals surface area contributed by atoms with E-state index in [9.17, 15) is 0 Å². The maximum atomic E-state index is 5.60. The number of benzene rings is 2. The first-order valence-electron chi connectivity index (χ1n) is 11.4. The Morgan fingerprint density at radius 3 is 2.97 bits per heavy atom. The van der Waals surface area contributed by atoms with Gasteiger partial charge in [-0.05, 0) is 55.0 Å². The van der Waals surface area contributed by atoms with Crippen LogP contribution < -0.4 is 25.0 Å². The molecule has 1 saturated heterocycles. The summed E-state index contributed by atoms with van der Waals surface area (Å²) in [6, 6.07) is 14.9. The molecule has 2 aliphatic heterocycles. The molecule has 7 heteroatoms. The van der Waals surface area contributed by atoms with Crippen molar-refractivity contribution in [3.63, 3.8) is 0 Å². The van der Waals surface area contributed by atoms with Gasteiger partial charge in [-0.3, -0.25) is 4.99 Å². The second-order valence-corrected chi connectivity index (χ2v) is 8.24. The van der Waals surface area contributed by atoms with E-state index in [4.69, 9.17) is 14.5 Å². The van der Waals surface area contributed by atoms with E-state index in [2.05, 4.69) is 58.9 Å². The van der Waals surface area contributed by atoms with Gasteiger partial charge in [-0.2, -0.15) is 0 Å². The molecular weight excluding hydrogens is 515 g/mol. The van der Waals surface area contributed by atoms with Crippen LogP contribution >= 0.6 is 24.0 Å². The fourth-order valence-corrected chi connectivity index (χ4v) is 4.31. The number of rotatable bonds is 8. The number of nitrogens with one attached hydrogen (secondary N) is 2. The monoisotopic (exact) mass is 550 g/mol. The van der Waals surface area contributed by atoms with Crippen molar-refractivity contribution in [3.8, 4) is 11.5 Å². The largest absolute Gasteiger partial charge is 0.497 e. The van der Waals surface area contributed by atoms with Gasteiger partial charge in [0, 0.05) is 50.9 Å². The smallest absolute Gasteiger partial charge is 0.191 e. The standard InChI is InChI=1S/C25H34N4O2.HI/c1-3-26-25(27-12-9-19-7-8-24-21(15-19)11-14-31-24)28-17-20-10-13-29(18-20)22-5-4-6-23(16-22)30-2;/h4-8,15-16,20H,3,9-14,17-18H2,1-2H3,(H2,26,27,28);1H. The van der Waals surface area contributed by atoms with Gasteiger partial charge in [-0.1, -0.05) is 18.2 Å². The molecule has 0 aliphatic carbocycles. The Morgan fingerprint density at radius 1 is 1.22 bits per heavy atom. The highest BCUT2D eigenvalue weighted by molar-refractivity contribution is 14.0. The fourth-order valence-electron chi connectivity index (χ4n) is 4.31. The SMILES string of the molecule is CCNC(=NCC1CCN(c2cccc(OC)c2)C1)NCCc1ccc2c(c1)CCO2.I. The third-order valence-corrected chi connectivity index (χ3v) is 6.02. The molecule has 0 saturated carbocycles. The summed E-state index contributed by atoms with van der Waals surface area (Å²) >= 11 is 0. The number of nitrogens with zero attached hydrogens (tertiary/aromatic N) is 2. The first-order chi connectivity index (χ1) is 15.2. The Kier molecular flexibility index (Phi) is 9.32. The van der Waals surface area contributed by atoms with Crippen molar-refractivity contribution in [2.45, 2.75) is 26.2 Å². The van der Waals surface area contributed by atoms with Crippen LogP contribution in [0.15, 0.2) is 47.5 Å². The van der Waals surface area contributed by atoms with Gasteiger partial charge in [0.25, 0.3) is 0 Å². The molecular formula is C25H35IN4O2. The van der Waals surface area contributed by atoms with E-state index in [-0.39, 0.29) is 24.0 Å². The zero-order valence-corrected chi connectivity index (χ0v) is 21.4. The number of anilines is 1. The van der Waals surface area contributed by atoms with Crippen LogP contribution in [0.1, 0.15) is 24.5 Å². The number of hydrogen-bond donors (Lipinski definition) is 2. The first kappa shape index (κ1) is 24.5. The molecule has 0 bridgehead atoms. The molecule has 2 heterocycles. The molecule has 32 heavy (non-hydrogen) atoms. The van der Waals surface area contributed by atoms with Crippen LogP contribution in [0.3, 0.4) is 0 Å². The van der Waals surface area contributed by atoms with E-state index >= 15 is 0 Å². The van der Waals surface area contributed by atoms with Crippen LogP contribution in [0.5, 0.6) is 11.5 Å². The van der Waals surface area contributed by atoms with E-state index < -0.39 is 0 Å². The molecule has 1 fully saturated rings. The topological polar surface area (TPSA) is 58.1 Å². The van der Waals surface area contributed by atoms with Gasteiger partial charge in [0.05, 0.1) is 13.7 Å². The van der Waals surface area contributed by atoms with Gasteiger partial charge in [0.15, 0.2) is 5.96 Å². The molecule has 2 N–H and O–H groups in total. The van der Waals surface area contributed by atoms with Crippen molar-refractivity contribution in [1.29, 1.82) is 0 Å². The summed E-state index contributed by atoms with van der Waals surface area (Å²) in [5.74, 6) is 3.44. The molecule has 2 aromatic rings. The lowest BCUT2D eigenvalue weighted by molar-refractivity contribution is 0.357. The van der Waals surface area contributed by atoms with Gasteiger partial charge in [-0.15, -0.1) is 24.0 Å². The first-order valence-corrected chi connectivity index (χ1v) is 11.4. The fraction of sp³-hybridized carbons (Fsp3) is 0.480. The zero-order chi connectivity index (χ0) is 21.5. The van der Waals surface area contributed by atoms with Crippen LogP contribution in [0, 0.1) is 5.92 Å². The summed E-state index contributed by atoms with van der Waals surface area (Å²) in [6.07, 6.45) is 3.16. The summed E-state index contributed by atoms with van der Waals surface area (Å²) in [5.41, 5.74) is 3.91. The lowest BCUT2D eigenvalue weighted by atomic mass is 10.1. The van der Waals surface area contributed by atoms with Crippen LogP contribution in [0.25, 0.3) is 0 Å². The highest BCUT2D eigenvalue weighted by Gasteiger charge is 2.23. The Hall–Kier alpha value is -2.16. The normalized spacial score (nSPS) is 17.4. The minimum Gasteiger partial charge on any atom is -0.497 e. The second-order valence-electron chi connectivity index (χ2n) is 8.24. The quantitative estimate of drug-likeness (QED) is 0.297. The molecule has 2 aromatic carbocycles. The van der Waals surface area contributed by atoms with Gasteiger partial charge in [0.2, 0.25) is 0 Å². The third kappa shape index (κ3) is 6.43. The number of halogens is 1. The summed E-state index contributed by atoms with van der Waals surface area (Å²) in [6.45, 7) is 7.59. The van der Waals surface area contributed by atoms with Crippen molar-refractivity contribution in [1.82, 2.24) is 10.6 Å². The predicted molar refractivity (Wildman–Crippen MR) is 142 cm³/mol. The van der Waals surface area contributed by atoms with E-state index in [1.165, 1.54) is 16.8 Å². The van der Waals surface area contributed by atoms with Crippen molar-refractivity contribution >= 4 is 35.6 Å². The summed E-state index contributed by atoms with van der Waals surface area (Å²) in [7, 11) is 1.72. The summed E-state index contributed by atoms with van der Waals surface area (Å²) in [4.78, 5) is 7.30. The molecule has 1 unspecified atom stereocenters. The molecule has 2 aliphatic rings. The molecule has 0 aromatic heterocycles. The average Bonchev–Trinajstić information content (AvgIpc) is 3.47. The van der Waals surface area contributed by atoms with Crippen LogP contribution in [0.2, 0.25) is 0 Å². The molecule has 4 rings (SSSR count). The predicted octanol–water partition coefficient (Wildman–Crippen LogP) is 3.87. The molecule has 1 atom stereocenters. The lowest BCUT2D eigenvalue weighted by Crippen LogP contribution is -2.38. The Bertz CT molecular complexity index is 905. The minimum atomic E-state index is 0. The van der Waals surface area contributed by atoms with E-state index in [1.807, 2.05) is 6.07 Å². The number of fused-ring (bicyclic) bond motifs is 1. The molecule has 174 valence electrons. The van der Waals surface area contributed by atoms with E-state index in [0.29, 0.717) is 5.92 Å². The van der Waals surface area contributed by atoms with Crippen molar-refractivity contribution in [2.75, 3.05) is 51.3 Å². The van der Waals surface area contributed by atoms with E-state index in [1.54, 1.807) is 7.11 Å². The van der Waals surface area contributed by atoms with Gasteiger partial charge >= 0.3 is 0 Å². The summed E-state index contributed by atoms with van der Waals surface area (Å²) < 4.78 is 11.0. The maximum Gasteiger partial charge on any atom is 0.191 e. The van der Waals surface area contributed by atoms with Crippen LogP contribution in [-0.2, 0) is 12.8 Å². The maximum absolute atomic E-state index is 5.60. The average molecular weight is 550 g/mol. The number of ether oxygens (including phenoxy) is 2. The Morgan fingerprint density at radius 2 is 2.12 bits per heavy atom. The minimum absolute atomic E-state index is 0. The van der Waals surface area contributed by atoms with Crippen LogP contribution in [0.4, 0.5) is 5.69 Å². The van der Waals surface area contributed by atoms with Crippen LogP contribution in [-0.4, -0.2) is 52.4 Å². The molecule has 0 spiro atoms. The Balaban J connectivity index is 0.00000289. The van der Waals surface area contributed by atoms with Crippen molar-refractivity contribution in [2.24, 2.45) is 10.9 Å². The van der Waals surface area contributed by atoms with Crippen molar-refractivity contribution < 1.29 is 9.47 Å². The van der Waals surface area contributed by atoms with Gasteiger partial charge < -0.3 is 25.0 Å². The van der Waals surface area contributed by atoms with Gasteiger partial charge in [0.1, 0.15) is 11.5 Å². The third-order valence-electron chi connectivity index (χ3n) is 6.02. The van der Waals surface area contributed by atoms with Crippen molar-refractivity contribution in [3.05, 3.63) is 53.6 Å². The highest BCUT2D eigenvalue weighted by atomic mass is 127. The second kappa shape index (κ2) is 12.2. The lowest BCUT2D eigenvalue weighted by Gasteiger charge is -2.19. The highest BCUT2D eigenvalue weighted by Crippen LogP contribution is 2.27. The number of guanidine groups is 1. The molecule has 0 amide bonds. The zero-order valence-electron chi connectivity index (χ0n) is 19.1. The number of hydrogen-bond acceptors (Lipinski definition) is 4. The summed E-state index contributed by atoms with van der Waals surface area (Å²) in [5, 5.41) is 6.88.